The monoisotopic (exact) mass is 415 g/mol. The van der Waals surface area contributed by atoms with E-state index in [0.717, 1.165) is 35.3 Å². The fraction of sp³-hybridized carbons (Fsp3) is 0.350. The minimum absolute atomic E-state index is 0.224. The van der Waals surface area contributed by atoms with Crippen molar-refractivity contribution < 1.29 is 14.3 Å². The maximum absolute atomic E-state index is 12.2. The lowest BCUT2D eigenvalue weighted by atomic mass is 9.88. The second kappa shape index (κ2) is 9.53. The Morgan fingerprint density at radius 2 is 2.32 bits per heavy atom. The zero-order chi connectivity index (χ0) is 19.9. The molecule has 0 saturated heterocycles. The summed E-state index contributed by atoms with van der Waals surface area (Å²) < 4.78 is 5.24. The number of anilines is 1. The summed E-state index contributed by atoms with van der Waals surface area (Å²) in [4.78, 5) is 24.8. The zero-order valence-corrected chi connectivity index (χ0v) is 17.1. The summed E-state index contributed by atoms with van der Waals surface area (Å²) >= 11 is 3.01. The molecule has 2 N–H and O–H groups in total. The van der Waals surface area contributed by atoms with Gasteiger partial charge < -0.3 is 15.4 Å². The van der Waals surface area contributed by atoms with Crippen LogP contribution in [0.2, 0.25) is 0 Å². The van der Waals surface area contributed by atoms with Gasteiger partial charge in [0.15, 0.2) is 0 Å². The smallest absolute Gasteiger partial charge is 0.407 e. The summed E-state index contributed by atoms with van der Waals surface area (Å²) in [5.74, 6) is -0.0280. The van der Waals surface area contributed by atoms with E-state index >= 15 is 0 Å². The first-order chi connectivity index (χ1) is 13.6. The molecule has 3 rings (SSSR count). The molecule has 146 valence electrons. The van der Waals surface area contributed by atoms with Gasteiger partial charge in [-0.05, 0) is 66.1 Å². The topological polar surface area (TPSA) is 91.2 Å². The van der Waals surface area contributed by atoms with E-state index in [4.69, 9.17) is 4.74 Å². The summed E-state index contributed by atoms with van der Waals surface area (Å²) in [5, 5.41) is 19.5. The molecule has 1 unspecified atom stereocenters. The molecule has 0 aromatic carbocycles. The largest absolute Gasteiger partial charge is 0.449 e. The molecule has 1 aliphatic rings. The fourth-order valence-electron chi connectivity index (χ4n) is 3.09. The number of carbonyl (C=O) groups excluding carboxylic acids is 2. The van der Waals surface area contributed by atoms with Crippen LogP contribution < -0.4 is 10.6 Å². The van der Waals surface area contributed by atoms with Gasteiger partial charge in [-0.2, -0.15) is 16.6 Å². The van der Waals surface area contributed by atoms with Crippen molar-refractivity contribution >= 4 is 45.8 Å². The van der Waals surface area contributed by atoms with Crippen LogP contribution in [0.1, 0.15) is 34.9 Å². The molecular formula is C20H21N3O3S2. The number of amides is 2. The third-order valence-corrected chi connectivity index (χ3v) is 6.33. The molecule has 2 aromatic rings. The highest BCUT2D eigenvalue weighted by Gasteiger charge is 2.27. The summed E-state index contributed by atoms with van der Waals surface area (Å²) in [6.45, 7) is 2.73. The van der Waals surface area contributed by atoms with Crippen LogP contribution in [0.5, 0.6) is 0 Å². The molecule has 1 atom stereocenters. The molecule has 1 aliphatic carbocycles. The Kier molecular flexibility index (Phi) is 6.85. The number of ether oxygens (including phenoxy) is 1. The number of hydrogen-bond donors (Lipinski definition) is 2. The van der Waals surface area contributed by atoms with Crippen LogP contribution in [-0.2, 0) is 22.4 Å². The van der Waals surface area contributed by atoms with E-state index in [1.54, 1.807) is 17.4 Å². The van der Waals surface area contributed by atoms with Crippen molar-refractivity contribution in [2.75, 3.05) is 18.5 Å². The molecule has 0 radical (unpaired) electrons. The number of nitrogens with zero attached hydrogens (tertiary/aromatic N) is 1. The van der Waals surface area contributed by atoms with Crippen LogP contribution in [0.15, 0.2) is 22.9 Å². The average molecular weight is 416 g/mol. The lowest BCUT2D eigenvalue weighted by Gasteiger charge is -2.21. The maximum Gasteiger partial charge on any atom is 0.407 e. The Balaban J connectivity index is 1.64. The fourth-order valence-corrected chi connectivity index (χ4v) is 5.03. The lowest BCUT2D eigenvalue weighted by molar-refractivity contribution is -0.111. The predicted molar refractivity (Wildman–Crippen MR) is 112 cm³/mol. The number of nitrogens with one attached hydrogen (secondary N) is 2. The Morgan fingerprint density at radius 3 is 3.04 bits per heavy atom. The van der Waals surface area contributed by atoms with E-state index in [2.05, 4.69) is 16.7 Å². The molecule has 0 aliphatic heterocycles. The van der Waals surface area contributed by atoms with E-state index in [-0.39, 0.29) is 11.8 Å². The molecule has 2 heterocycles. The van der Waals surface area contributed by atoms with Gasteiger partial charge in [0.25, 0.3) is 0 Å². The number of thiophene rings is 2. The van der Waals surface area contributed by atoms with E-state index in [0.29, 0.717) is 23.7 Å². The van der Waals surface area contributed by atoms with E-state index < -0.39 is 6.09 Å². The van der Waals surface area contributed by atoms with Gasteiger partial charge in [0, 0.05) is 17.5 Å². The molecule has 2 amide bonds. The molecule has 8 heteroatoms. The van der Waals surface area contributed by atoms with Gasteiger partial charge in [0.2, 0.25) is 5.91 Å². The number of alkyl carbamates (subject to hydrolysis) is 1. The number of hydrogen-bond acceptors (Lipinski definition) is 6. The minimum Gasteiger partial charge on any atom is -0.449 e. The first-order valence-corrected chi connectivity index (χ1v) is 10.8. The SMILES string of the molecule is CCNC(=O)OCC1CCc2c(sc(NC(=O)/C=C/c3ccsc3)c2C#N)C1. The Morgan fingerprint density at radius 1 is 1.46 bits per heavy atom. The standard InChI is InChI=1S/C20H21N3O3S2/c1-2-22-20(25)26-11-14-3-5-15-16(10-21)19(28-17(15)9-14)23-18(24)6-4-13-7-8-27-12-13/h4,6-8,12,14H,2-3,5,9,11H2,1H3,(H,22,25)(H,23,24)/b6-4+. The zero-order valence-electron chi connectivity index (χ0n) is 15.5. The summed E-state index contributed by atoms with van der Waals surface area (Å²) in [6.07, 6.45) is 5.17. The van der Waals surface area contributed by atoms with Crippen molar-refractivity contribution in [1.82, 2.24) is 5.32 Å². The van der Waals surface area contributed by atoms with E-state index in [9.17, 15) is 14.9 Å². The van der Waals surface area contributed by atoms with Crippen LogP contribution in [0.4, 0.5) is 9.80 Å². The average Bonchev–Trinajstić information content (AvgIpc) is 3.31. The third kappa shape index (κ3) is 5.00. The van der Waals surface area contributed by atoms with E-state index in [1.807, 2.05) is 23.8 Å². The van der Waals surface area contributed by atoms with Gasteiger partial charge in [-0.1, -0.05) is 0 Å². The van der Waals surface area contributed by atoms with Gasteiger partial charge in [-0.15, -0.1) is 11.3 Å². The highest BCUT2D eigenvalue weighted by molar-refractivity contribution is 7.16. The van der Waals surface area contributed by atoms with E-state index in [1.165, 1.54) is 17.4 Å². The minimum atomic E-state index is -0.400. The highest BCUT2D eigenvalue weighted by atomic mass is 32.1. The van der Waals surface area contributed by atoms with Gasteiger partial charge in [-0.25, -0.2) is 4.79 Å². The van der Waals surface area contributed by atoms with Crippen molar-refractivity contribution in [2.24, 2.45) is 5.92 Å². The van der Waals surface area contributed by atoms with Crippen LogP contribution in [0.25, 0.3) is 6.08 Å². The van der Waals surface area contributed by atoms with Gasteiger partial charge in [0.1, 0.15) is 11.1 Å². The number of rotatable bonds is 6. The molecule has 0 fully saturated rings. The van der Waals surface area contributed by atoms with Crippen LogP contribution >= 0.6 is 22.7 Å². The van der Waals surface area contributed by atoms with Crippen LogP contribution in [0.3, 0.4) is 0 Å². The molecule has 28 heavy (non-hydrogen) atoms. The van der Waals surface area contributed by atoms with Crippen molar-refractivity contribution in [2.45, 2.75) is 26.2 Å². The number of fused-ring (bicyclic) bond motifs is 1. The summed E-state index contributed by atoms with van der Waals surface area (Å²) in [6, 6.07) is 4.17. The first-order valence-electron chi connectivity index (χ1n) is 9.07. The lowest BCUT2D eigenvalue weighted by Crippen LogP contribution is -2.27. The normalized spacial score (nSPS) is 15.6. The summed E-state index contributed by atoms with van der Waals surface area (Å²) in [7, 11) is 0. The predicted octanol–water partition coefficient (Wildman–Crippen LogP) is 4.18. The third-order valence-electron chi connectivity index (χ3n) is 4.46. The molecule has 0 saturated carbocycles. The van der Waals surface area contributed by atoms with Gasteiger partial charge in [0.05, 0.1) is 12.2 Å². The second-order valence-electron chi connectivity index (χ2n) is 6.44. The quantitative estimate of drug-likeness (QED) is 0.692. The summed E-state index contributed by atoms with van der Waals surface area (Å²) in [5.41, 5.74) is 2.54. The molecule has 6 nitrogen and oxygen atoms in total. The Bertz CT molecular complexity index is 910. The van der Waals surface area contributed by atoms with Crippen molar-refractivity contribution in [1.29, 1.82) is 5.26 Å². The van der Waals surface area contributed by atoms with Crippen molar-refractivity contribution in [3.63, 3.8) is 0 Å². The van der Waals surface area contributed by atoms with Crippen molar-refractivity contribution in [3.05, 3.63) is 44.5 Å². The first kappa shape index (κ1) is 20.1. The second-order valence-corrected chi connectivity index (χ2v) is 8.32. The van der Waals surface area contributed by atoms with Gasteiger partial charge >= 0.3 is 6.09 Å². The Hall–Kier alpha value is -2.63. The molecule has 0 spiro atoms. The number of nitriles is 1. The molecule has 2 aromatic heterocycles. The number of carbonyl (C=O) groups is 2. The van der Waals surface area contributed by atoms with Gasteiger partial charge in [-0.3, -0.25) is 4.79 Å². The molecular weight excluding hydrogens is 394 g/mol. The Labute approximate surface area is 171 Å². The van der Waals surface area contributed by atoms with Crippen molar-refractivity contribution in [3.8, 4) is 6.07 Å². The van der Waals surface area contributed by atoms with Crippen LogP contribution in [-0.4, -0.2) is 25.2 Å². The van der Waals surface area contributed by atoms with Crippen LogP contribution in [0, 0.1) is 17.2 Å². The molecule has 0 bridgehead atoms. The highest BCUT2D eigenvalue weighted by Crippen LogP contribution is 2.39. The maximum atomic E-state index is 12.2.